The van der Waals surface area contributed by atoms with Gasteiger partial charge < -0.3 is 4.90 Å². The first kappa shape index (κ1) is 16.7. The summed E-state index contributed by atoms with van der Waals surface area (Å²) >= 11 is 1.64. The minimum atomic E-state index is -0.0760. The molecular weight excluding hydrogens is 358 g/mol. The molecule has 0 saturated carbocycles. The van der Waals surface area contributed by atoms with Crippen molar-refractivity contribution in [1.82, 2.24) is 9.55 Å². The van der Waals surface area contributed by atoms with Gasteiger partial charge in [0.1, 0.15) is 11.4 Å². The number of hydrogen-bond acceptors (Lipinski definition) is 4. The maximum Gasteiger partial charge on any atom is 0.262 e. The summed E-state index contributed by atoms with van der Waals surface area (Å²) in [6.45, 7) is 2.09. The van der Waals surface area contributed by atoms with E-state index >= 15 is 0 Å². The molecule has 1 amide bonds. The molecule has 1 aliphatic carbocycles. The molecule has 0 saturated heterocycles. The number of nitrogens with zero attached hydrogens (tertiary/aromatic N) is 3. The predicted octanol–water partition coefficient (Wildman–Crippen LogP) is 3.31. The number of amides is 1. The Morgan fingerprint density at radius 1 is 1.26 bits per heavy atom. The van der Waals surface area contributed by atoms with Gasteiger partial charge in [0.25, 0.3) is 5.56 Å². The third-order valence-electron chi connectivity index (χ3n) is 5.72. The highest BCUT2D eigenvalue weighted by atomic mass is 32.1. The van der Waals surface area contributed by atoms with Crippen LogP contribution in [0, 0.1) is 0 Å². The average Bonchev–Trinajstić information content (AvgIpc) is 3.21. The lowest BCUT2D eigenvalue weighted by atomic mass is 9.97. The number of aryl methyl sites for hydroxylation is 2. The first-order valence-corrected chi connectivity index (χ1v) is 10.3. The van der Waals surface area contributed by atoms with Crippen molar-refractivity contribution in [2.75, 3.05) is 4.90 Å². The van der Waals surface area contributed by atoms with Gasteiger partial charge in [0.2, 0.25) is 5.91 Å². The fraction of sp³-hybridized carbons (Fsp3) is 0.381. The molecule has 0 fully saturated rings. The molecule has 0 unspecified atom stereocenters. The molecule has 1 aromatic carbocycles. The Hall–Kier alpha value is -2.47. The van der Waals surface area contributed by atoms with Crippen LogP contribution in [-0.4, -0.2) is 21.5 Å². The molecule has 2 aliphatic rings. The molecule has 138 valence electrons. The molecular formula is C21H21N3O2S. The summed E-state index contributed by atoms with van der Waals surface area (Å²) in [5, 5.41) is 0.736. The highest BCUT2D eigenvalue weighted by molar-refractivity contribution is 7.18. The van der Waals surface area contributed by atoms with Gasteiger partial charge in [0.15, 0.2) is 0 Å². The van der Waals surface area contributed by atoms with Crippen LogP contribution in [0.3, 0.4) is 0 Å². The Balaban J connectivity index is 1.51. The van der Waals surface area contributed by atoms with E-state index in [1.54, 1.807) is 11.3 Å². The Labute approximate surface area is 161 Å². The standard InChI is InChI=1S/C21H21N3O2S/c1-13-10-14-6-2-4-8-16(14)24(13)18(25)11-23-12-22-20-19(21(23)26)15-7-3-5-9-17(15)27-20/h2,4,6,8,12-13H,3,5,7,9-11H2,1H3/t13-/m0/s1. The van der Waals surface area contributed by atoms with Crippen LogP contribution in [0.2, 0.25) is 0 Å². The number of benzene rings is 1. The fourth-order valence-electron chi connectivity index (χ4n) is 4.46. The fourth-order valence-corrected chi connectivity index (χ4v) is 5.68. The Morgan fingerprint density at radius 3 is 2.96 bits per heavy atom. The van der Waals surface area contributed by atoms with E-state index in [0.717, 1.165) is 41.6 Å². The topological polar surface area (TPSA) is 55.2 Å². The van der Waals surface area contributed by atoms with Gasteiger partial charge in [-0.05, 0) is 56.2 Å². The van der Waals surface area contributed by atoms with Crippen molar-refractivity contribution >= 4 is 33.1 Å². The van der Waals surface area contributed by atoms with Crippen molar-refractivity contribution in [3.8, 4) is 0 Å². The van der Waals surface area contributed by atoms with E-state index < -0.39 is 0 Å². The maximum atomic E-state index is 13.1. The predicted molar refractivity (Wildman–Crippen MR) is 108 cm³/mol. The van der Waals surface area contributed by atoms with Crippen molar-refractivity contribution < 1.29 is 4.79 Å². The van der Waals surface area contributed by atoms with Crippen molar-refractivity contribution in [2.45, 2.75) is 51.6 Å². The lowest BCUT2D eigenvalue weighted by molar-refractivity contribution is -0.119. The number of aromatic nitrogens is 2. The zero-order valence-corrected chi connectivity index (χ0v) is 16.1. The summed E-state index contributed by atoms with van der Waals surface area (Å²) in [5.74, 6) is -0.0557. The molecule has 5 rings (SSSR count). The van der Waals surface area contributed by atoms with E-state index in [9.17, 15) is 9.59 Å². The van der Waals surface area contributed by atoms with E-state index in [0.29, 0.717) is 0 Å². The zero-order valence-electron chi connectivity index (χ0n) is 15.3. The summed E-state index contributed by atoms with van der Waals surface area (Å²) in [7, 11) is 0. The minimum Gasteiger partial charge on any atom is -0.307 e. The van der Waals surface area contributed by atoms with Crippen molar-refractivity contribution in [2.24, 2.45) is 0 Å². The van der Waals surface area contributed by atoms with Crippen LogP contribution < -0.4 is 10.5 Å². The molecule has 6 heteroatoms. The number of fused-ring (bicyclic) bond motifs is 4. The lowest BCUT2D eigenvalue weighted by Crippen LogP contribution is -2.40. The van der Waals surface area contributed by atoms with Crippen LogP contribution in [0.1, 0.15) is 35.8 Å². The molecule has 1 atom stereocenters. The molecule has 1 aliphatic heterocycles. The highest BCUT2D eigenvalue weighted by Crippen LogP contribution is 2.34. The van der Waals surface area contributed by atoms with Gasteiger partial charge in [-0.1, -0.05) is 18.2 Å². The van der Waals surface area contributed by atoms with Crippen LogP contribution in [0.4, 0.5) is 5.69 Å². The van der Waals surface area contributed by atoms with Gasteiger partial charge in [-0.15, -0.1) is 11.3 Å². The van der Waals surface area contributed by atoms with Gasteiger partial charge in [-0.25, -0.2) is 4.98 Å². The summed E-state index contributed by atoms with van der Waals surface area (Å²) in [5.41, 5.74) is 3.24. The summed E-state index contributed by atoms with van der Waals surface area (Å²) in [6, 6.07) is 8.11. The molecule has 0 N–H and O–H groups in total. The number of thiophene rings is 1. The van der Waals surface area contributed by atoms with Gasteiger partial charge in [0.05, 0.1) is 11.7 Å². The van der Waals surface area contributed by atoms with E-state index in [1.165, 1.54) is 33.3 Å². The monoisotopic (exact) mass is 379 g/mol. The third-order valence-corrected chi connectivity index (χ3v) is 6.92. The Kier molecular flexibility index (Phi) is 3.90. The van der Waals surface area contributed by atoms with Crippen LogP contribution in [0.5, 0.6) is 0 Å². The molecule has 27 heavy (non-hydrogen) atoms. The molecule has 3 heterocycles. The first-order chi connectivity index (χ1) is 13.1. The average molecular weight is 379 g/mol. The van der Waals surface area contributed by atoms with Crippen LogP contribution in [0.25, 0.3) is 10.2 Å². The molecule has 5 nitrogen and oxygen atoms in total. The smallest absolute Gasteiger partial charge is 0.262 e. The second-order valence-corrected chi connectivity index (χ2v) is 8.60. The second kappa shape index (κ2) is 6.30. The summed E-state index contributed by atoms with van der Waals surface area (Å²) in [4.78, 5) is 34.6. The van der Waals surface area contributed by atoms with Crippen LogP contribution in [0.15, 0.2) is 35.4 Å². The molecule has 2 aromatic heterocycles. The number of carbonyl (C=O) groups excluding carboxylic acids is 1. The SMILES string of the molecule is C[C@H]1Cc2ccccc2N1C(=O)Cn1cnc2sc3c(c2c1=O)CCCC3. The number of carbonyl (C=O) groups is 1. The van der Waals surface area contributed by atoms with Crippen molar-refractivity contribution in [3.63, 3.8) is 0 Å². The summed E-state index contributed by atoms with van der Waals surface area (Å²) < 4.78 is 1.49. The van der Waals surface area contributed by atoms with Crippen molar-refractivity contribution in [3.05, 3.63) is 57.0 Å². The molecule has 0 radical (unpaired) electrons. The van der Waals surface area contributed by atoms with Crippen LogP contribution in [-0.2, 0) is 30.6 Å². The molecule has 0 bridgehead atoms. The molecule has 3 aromatic rings. The molecule has 0 spiro atoms. The van der Waals surface area contributed by atoms with E-state index in [1.807, 2.05) is 23.1 Å². The highest BCUT2D eigenvalue weighted by Gasteiger charge is 2.31. The number of rotatable bonds is 2. The van der Waals surface area contributed by atoms with Crippen molar-refractivity contribution in [1.29, 1.82) is 0 Å². The normalized spacial score (nSPS) is 18.6. The van der Waals surface area contributed by atoms with E-state index in [-0.39, 0.29) is 24.1 Å². The number of para-hydroxylation sites is 1. The first-order valence-electron chi connectivity index (χ1n) is 9.53. The van der Waals surface area contributed by atoms with E-state index in [4.69, 9.17) is 0 Å². The van der Waals surface area contributed by atoms with Gasteiger partial charge >= 0.3 is 0 Å². The quantitative estimate of drug-likeness (QED) is 0.686. The summed E-state index contributed by atoms with van der Waals surface area (Å²) in [6.07, 6.45) is 6.67. The number of anilines is 1. The Morgan fingerprint density at radius 2 is 2.07 bits per heavy atom. The lowest BCUT2D eigenvalue weighted by Gasteiger charge is -2.23. The zero-order chi connectivity index (χ0) is 18.5. The van der Waals surface area contributed by atoms with Gasteiger partial charge in [-0.2, -0.15) is 0 Å². The van der Waals surface area contributed by atoms with Crippen LogP contribution >= 0.6 is 11.3 Å². The second-order valence-electron chi connectivity index (χ2n) is 7.51. The number of hydrogen-bond donors (Lipinski definition) is 0. The van der Waals surface area contributed by atoms with Gasteiger partial charge in [-0.3, -0.25) is 14.2 Å². The van der Waals surface area contributed by atoms with E-state index in [2.05, 4.69) is 18.0 Å². The maximum absolute atomic E-state index is 13.1. The van der Waals surface area contributed by atoms with Gasteiger partial charge in [0, 0.05) is 16.6 Å². The Bertz CT molecular complexity index is 1110. The largest absolute Gasteiger partial charge is 0.307 e. The third kappa shape index (κ3) is 2.62. The minimum absolute atomic E-state index is 0.0328.